The van der Waals surface area contributed by atoms with Crippen molar-refractivity contribution in [2.45, 2.75) is 26.5 Å². The minimum Gasteiger partial charge on any atom is -0.490 e. The smallest absolute Gasteiger partial charge is 0.163 e. The molecule has 170 valence electrons. The molecule has 8 heteroatoms. The molecule has 3 rings (SSSR count). The number of ether oxygens (including phenoxy) is 3. The van der Waals surface area contributed by atoms with Crippen LogP contribution in [0.1, 0.15) is 24.5 Å². The summed E-state index contributed by atoms with van der Waals surface area (Å²) in [5.74, 6) is 1.28. The number of morpholine rings is 1. The first-order valence-electron chi connectivity index (χ1n) is 10.6. The lowest BCUT2D eigenvalue weighted by molar-refractivity contribution is 0.0374. The first-order valence-corrected chi connectivity index (χ1v) is 11.7. The highest BCUT2D eigenvalue weighted by atomic mass is 35.5. The van der Waals surface area contributed by atoms with E-state index in [1.165, 1.54) is 0 Å². The molecule has 0 radical (unpaired) electrons. The van der Waals surface area contributed by atoms with Crippen molar-refractivity contribution in [3.05, 3.63) is 56.5 Å². The average molecular weight is 488 g/mol. The summed E-state index contributed by atoms with van der Waals surface area (Å²) in [4.78, 5) is 2.44. The van der Waals surface area contributed by atoms with Crippen LogP contribution in [-0.2, 0) is 17.9 Å². The molecule has 0 unspecified atom stereocenters. The van der Waals surface area contributed by atoms with Crippen LogP contribution in [0.5, 0.6) is 11.5 Å². The number of halogens is 3. The van der Waals surface area contributed by atoms with Gasteiger partial charge in [-0.3, -0.25) is 4.90 Å². The van der Waals surface area contributed by atoms with Gasteiger partial charge in [0.1, 0.15) is 6.61 Å². The summed E-state index contributed by atoms with van der Waals surface area (Å²) in [7, 11) is 0. The highest BCUT2D eigenvalue weighted by Crippen LogP contribution is 2.34. The highest BCUT2D eigenvalue weighted by molar-refractivity contribution is 6.42. The van der Waals surface area contributed by atoms with Crippen LogP contribution >= 0.6 is 34.8 Å². The van der Waals surface area contributed by atoms with Crippen LogP contribution in [0.4, 0.5) is 0 Å². The molecule has 1 aliphatic heterocycles. The summed E-state index contributed by atoms with van der Waals surface area (Å²) < 4.78 is 17.1. The molecule has 31 heavy (non-hydrogen) atoms. The lowest BCUT2D eigenvalue weighted by Gasteiger charge is -2.26. The Morgan fingerprint density at radius 2 is 1.74 bits per heavy atom. The van der Waals surface area contributed by atoms with Crippen LogP contribution < -0.4 is 14.8 Å². The maximum absolute atomic E-state index is 6.53. The molecule has 0 spiro atoms. The van der Waals surface area contributed by atoms with E-state index in [1.54, 1.807) is 12.1 Å². The van der Waals surface area contributed by atoms with Gasteiger partial charge in [-0.05, 0) is 55.8 Å². The van der Waals surface area contributed by atoms with E-state index in [1.807, 2.05) is 25.1 Å². The molecule has 0 aromatic heterocycles. The third-order valence-corrected chi connectivity index (χ3v) is 6.13. The van der Waals surface area contributed by atoms with Crippen molar-refractivity contribution in [2.24, 2.45) is 0 Å². The number of nitrogens with zero attached hydrogens (tertiary/aromatic N) is 1. The SMILES string of the molecule is CCOc1cc(CNCCCN2CCOCC2)c(Cl)cc1OCc1ccc(Cl)c(Cl)c1. The molecular weight excluding hydrogens is 459 g/mol. The van der Waals surface area contributed by atoms with Crippen LogP contribution in [0, 0.1) is 0 Å². The van der Waals surface area contributed by atoms with Gasteiger partial charge in [-0.2, -0.15) is 0 Å². The third kappa shape index (κ3) is 7.70. The molecule has 2 aromatic carbocycles. The molecule has 1 saturated heterocycles. The molecule has 1 aliphatic rings. The van der Waals surface area contributed by atoms with E-state index in [2.05, 4.69) is 10.2 Å². The summed E-state index contributed by atoms with van der Waals surface area (Å²) in [6.45, 7) is 9.22. The zero-order valence-corrected chi connectivity index (χ0v) is 20.0. The third-order valence-electron chi connectivity index (χ3n) is 5.04. The summed E-state index contributed by atoms with van der Waals surface area (Å²) >= 11 is 18.6. The first-order chi connectivity index (χ1) is 15.1. The fraction of sp³-hybridized carbons (Fsp3) is 0.478. The van der Waals surface area contributed by atoms with Gasteiger partial charge in [-0.15, -0.1) is 0 Å². The summed E-state index contributed by atoms with van der Waals surface area (Å²) in [6, 6.07) is 9.19. The zero-order chi connectivity index (χ0) is 22.1. The topological polar surface area (TPSA) is 43.0 Å². The standard InChI is InChI=1S/C23H29Cl3N2O3/c1-2-30-22-13-18(15-27-6-3-7-28-8-10-29-11-9-28)20(25)14-23(22)31-16-17-4-5-19(24)21(26)12-17/h4-5,12-14,27H,2-3,6-11,15-16H2,1H3. The van der Waals surface area contributed by atoms with Gasteiger partial charge in [0, 0.05) is 30.7 Å². The maximum atomic E-state index is 6.53. The average Bonchev–Trinajstić information content (AvgIpc) is 2.77. The molecule has 1 heterocycles. The molecule has 1 fully saturated rings. The molecule has 5 nitrogen and oxygen atoms in total. The Kier molecular flexibility index (Phi) is 10.0. The largest absolute Gasteiger partial charge is 0.490 e. The number of hydrogen-bond acceptors (Lipinski definition) is 5. The first kappa shape index (κ1) is 24.4. The maximum Gasteiger partial charge on any atom is 0.163 e. The monoisotopic (exact) mass is 486 g/mol. The van der Waals surface area contributed by atoms with Gasteiger partial charge in [0.05, 0.1) is 29.9 Å². The quantitative estimate of drug-likeness (QED) is 0.428. The summed E-state index contributed by atoms with van der Waals surface area (Å²) in [6.07, 6.45) is 1.08. The lowest BCUT2D eigenvalue weighted by Crippen LogP contribution is -2.37. The van der Waals surface area contributed by atoms with Crippen LogP contribution in [0.15, 0.2) is 30.3 Å². The molecular formula is C23H29Cl3N2O3. The Bertz CT molecular complexity index is 845. The normalized spacial score (nSPS) is 14.6. The lowest BCUT2D eigenvalue weighted by atomic mass is 10.2. The van der Waals surface area contributed by atoms with Crippen molar-refractivity contribution in [1.29, 1.82) is 0 Å². The van der Waals surface area contributed by atoms with Crippen LogP contribution in [0.3, 0.4) is 0 Å². The van der Waals surface area contributed by atoms with Crippen molar-refractivity contribution < 1.29 is 14.2 Å². The van der Waals surface area contributed by atoms with E-state index >= 15 is 0 Å². The number of benzene rings is 2. The second-order valence-corrected chi connectivity index (χ2v) is 8.57. The Morgan fingerprint density at radius 3 is 2.48 bits per heavy atom. The van der Waals surface area contributed by atoms with Gasteiger partial charge >= 0.3 is 0 Å². The van der Waals surface area contributed by atoms with E-state index in [9.17, 15) is 0 Å². The van der Waals surface area contributed by atoms with Crippen molar-refractivity contribution in [2.75, 3.05) is 46.0 Å². The summed E-state index contributed by atoms with van der Waals surface area (Å²) in [5, 5.41) is 5.14. The van der Waals surface area contributed by atoms with Crippen LogP contribution in [0.2, 0.25) is 15.1 Å². The van der Waals surface area contributed by atoms with E-state index in [-0.39, 0.29) is 0 Å². The predicted molar refractivity (Wildman–Crippen MR) is 127 cm³/mol. The second kappa shape index (κ2) is 12.7. The molecule has 0 saturated carbocycles. The van der Waals surface area contributed by atoms with E-state index in [0.717, 1.165) is 56.9 Å². The molecule has 0 atom stereocenters. The van der Waals surface area contributed by atoms with Crippen LogP contribution in [-0.4, -0.2) is 50.9 Å². The number of rotatable bonds is 11. The van der Waals surface area contributed by atoms with Crippen molar-refractivity contribution in [3.63, 3.8) is 0 Å². The fourth-order valence-corrected chi connectivity index (χ4v) is 3.90. The minimum absolute atomic E-state index is 0.340. The number of nitrogens with one attached hydrogen (secondary N) is 1. The van der Waals surface area contributed by atoms with Crippen LogP contribution in [0.25, 0.3) is 0 Å². The van der Waals surface area contributed by atoms with E-state index in [0.29, 0.717) is 46.3 Å². The van der Waals surface area contributed by atoms with Gasteiger partial charge in [0.2, 0.25) is 0 Å². The predicted octanol–water partition coefficient (Wildman–Crippen LogP) is 5.44. The fourth-order valence-electron chi connectivity index (χ4n) is 3.36. The Balaban J connectivity index is 1.54. The Morgan fingerprint density at radius 1 is 0.968 bits per heavy atom. The second-order valence-electron chi connectivity index (χ2n) is 7.34. The number of hydrogen-bond donors (Lipinski definition) is 1. The Hall–Kier alpha value is -1.21. The molecule has 1 N–H and O–H groups in total. The molecule has 0 aliphatic carbocycles. The van der Waals surface area contributed by atoms with E-state index in [4.69, 9.17) is 49.0 Å². The van der Waals surface area contributed by atoms with Crippen molar-refractivity contribution in [1.82, 2.24) is 10.2 Å². The molecule has 0 bridgehead atoms. The van der Waals surface area contributed by atoms with Gasteiger partial charge < -0.3 is 19.5 Å². The van der Waals surface area contributed by atoms with E-state index < -0.39 is 0 Å². The van der Waals surface area contributed by atoms with Gasteiger partial charge in [0.15, 0.2) is 11.5 Å². The van der Waals surface area contributed by atoms with Gasteiger partial charge in [-0.1, -0.05) is 40.9 Å². The van der Waals surface area contributed by atoms with Crippen molar-refractivity contribution in [3.8, 4) is 11.5 Å². The van der Waals surface area contributed by atoms with Crippen molar-refractivity contribution >= 4 is 34.8 Å². The Labute approximate surface area is 199 Å². The highest BCUT2D eigenvalue weighted by Gasteiger charge is 2.13. The van der Waals surface area contributed by atoms with Gasteiger partial charge in [-0.25, -0.2) is 0 Å². The minimum atomic E-state index is 0.340. The molecule has 0 amide bonds. The molecule has 2 aromatic rings. The summed E-state index contributed by atoms with van der Waals surface area (Å²) in [5.41, 5.74) is 1.90. The van der Waals surface area contributed by atoms with Gasteiger partial charge in [0.25, 0.3) is 0 Å². The zero-order valence-electron chi connectivity index (χ0n) is 17.8.